The molecular weight excluding hydrogens is 276 g/mol. The molecule has 3 aromatic rings. The zero-order valence-electron chi connectivity index (χ0n) is 12.2. The lowest BCUT2D eigenvalue weighted by Crippen LogP contribution is -2.09. The lowest BCUT2D eigenvalue weighted by Gasteiger charge is -2.12. The summed E-state index contributed by atoms with van der Waals surface area (Å²) in [5.41, 5.74) is 2.19. The molecule has 0 spiro atoms. The van der Waals surface area contributed by atoms with Gasteiger partial charge in [0.1, 0.15) is 0 Å². The molecule has 0 aromatic heterocycles. The number of hydrogen-bond donors (Lipinski definition) is 2. The molecule has 0 amide bonds. The quantitative estimate of drug-likeness (QED) is 0.575. The first-order chi connectivity index (χ1) is 10.6. The fraction of sp³-hybridized carbons (Fsp3) is 0.105. The van der Waals surface area contributed by atoms with E-state index >= 15 is 0 Å². The molecule has 3 heteroatoms. The van der Waals surface area contributed by atoms with E-state index in [1.807, 2.05) is 37.3 Å². The van der Waals surface area contributed by atoms with Gasteiger partial charge in [-0.3, -0.25) is 4.79 Å². The van der Waals surface area contributed by atoms with Crippen LogP contribution in [0, 0.1) is 6.92 Å². The number of aliphatic hydroxyl groups excluding tert-OH is 1. The molecule has 3 aromatic carbocycles. The minimum atomic E-state index is -1.67. The number of carbonyl (C=O) groups excluding carboxylic acids is 1. The molecule has 0 aliphatic heterocycles. The Labute approximate surface area is 128 Å². The van der Waals surface area contributed by atoms with Gasteiger partial charge in [-0.05, 0) is 23.3 Å². The molecule has 0 heterocycles. The zero-order valence-corrected chi connectivity index (χ0v) is 12.2. The summed E-state index contributed by atoms with van der Waals surface area (Å²) in [7, 11) is 0. The molecule has 0 bridgehead atoms. The Morgan fingerprint density at radius 3 is 2.18 bits per heavy atom. The molecule has 0 aliphatic rings. The molecule has 110 valence electrons. The van der Waals surface area contributed by atoms with Crippen LogP contribution < -0.4 is 0 Å². The van der Waals surface area contributed by atoms with Crippen LogP contribution in [0.25, 0.3) is 10.8 Å². The van der Waals surface area contributed by atoms with E-state index < -0.39 is 6.29 Å². The number of aliphatic hydroxyl groups is 2. The predicted molar refractivity (Wildman–Crippen MR) is 85.7 cm³/mol. The highest BCUT2D eigenvalue weighted by Crippen LogP contribution is 2.26. The molecule has 0 unspecified atom stereocenters. The molecule has 2 N–H and O–H groups in total. The average Bonchev–Trinajstić information content (AvgIpc) is 2.55. The van der Waals surface area contributed by atoms with Crippen LogP contribution in [0.2, 0.25) is 0 Å². The van der Waals surface area contributed by atoms with Crippen molar-refractivity contribution in [2.45, 2.75) is 13.2 Å². The van der Waals surface area contributed by atoms with Crippen LogP contribution in [0.4, 0.5) is 0 Å². The van der Waals surface area contributed by atoms with Crippen LogP contribution in [0.5, 0.6) is 0 Å². The van der Waals surface area contributed by atoms with Crippen LogP contribution >= 0.6 is 0 Å². The topological polar surface area (TPSA) is 57.5 Å². The number of rotatable bonds is 3. The van der Waals surface area contributed by atoms with E-state index in [4.69, 9.17) is 0 Å². The lowest BCUT2D eigenvalue weighted by molar-refractivity contribution is -0.0429. The van der Waals surface area contributed by atoms with Crippen molar-refractivity contribution in [3.05, 3.63) is 82.9 Å². The first kappa shape index (κ1) is 14.4. The van der Waals surface area contributed by atoms with Crippen molar-refractivity contribution in [3.63, 3.8) is 0 Å². The van der Waals surface area contributed by atoms with E-state index in [9.17, 15) is 15.0 Å². The summed E-state index contributed by atoms with van der Waals surface area (Å²) >= 11 is 0. The highest BCUT2D eigenvalue weighted by molar-refractivity contribution is 6.17. The van der Waals surface area contributed by atoms with Gasteiger partial charge in [-0.1, -0.05) is 60.7 Å². The zero-order chi connectivity index (χ0) is 15.7. The molecule has 0 saturated carbocycles. The molecule has 3 nitrogen and oxygen atoms in total. The maximum absolute atomic E-state index is 12.9. The van der Waals surface area contributed by atoms with Crippen molar-refractivity contribution in [1.82, 2.24) is 0 Å². The van der Waals surface area contributed by atoms with Crippen LogP contribution in [-0.4, -0.2) is 16.0 Å². The number of ketones is 1. The van der Waals surface area contributed by atoms with Gasteiger partial charge in [-0.2, -0.15) is 0 Å². The van der Waals surface area contributed by atoms with Gasteiger partial charge in [0.25, 0.3) is 0 Å². The molecule has 22 heavy (non-hydrogen) atoms. The smallest absolute Gasteiger partial charge is 0.194 e. The van der Waals surface area contributed by atoms with Gasteiger partial charge in [0.05, 0.1) is 0 Å². The van der Waals surface area contributed by atoms with Crippen molar-refractivity contribution in [2.75, 3.05) is 0 Å². The highest BCUT2D eigenvalue weighted by atomic mass is 16.5. The Bertz CT molecular complexity index is 850. The number of hydrogen-bond acceptors (Lipinski definition) is 3. The molecule has 0 aliphatic carbocycles. The number of carbonyl (C=O) groups is 1. The number of benzene rings is 3. The predicted octanol–water partition coefficient (Wildman–Crippen LogP) is 3.36. The summed E-state index contributed by atoms with van der Waals surface area (Å²) in [6, 6.07) is 18.0. The second-order valence-corrected chi connectivity index (χ2v) is 5.27. The second-order valence-electron chi connectivity index (χ2n) is 5.27. The van der Waals surface area contributed by atoms with Gasteiger partial charge in [0.2, 0.25) is 0 Å². The maximum atomic E-state index is 12.9. The van der Waals surface area contributed by atoms with Crippen LogP contribution in [0.1, 0.15) is 33.3 Å². The molecule has 0 saturated heterocycles. The first-order valence-electron chi connectivity index (χ1n) is 7.07. The van der Waals surface area contributed by atoms with E-state index in [-0.39, 0.29) is 11.3 Å². The third-order valence-electron chi connectivity index (χ3n) is 3.87. The van der Waals surface area contributed by atoms with Gasteiger partial charge in [0.15, 0.2) is 12.1 Å². The molecular formula is C19H16O3. The average molecular weight is 292 g/mol. The number of aryl methyl sites for hydroxylation is 1. The summed E-state index contributed by atoms with van der Waals surface area (Å²) in [6.45, 7) is 2.00. The van der Waals surface area contributed by atoms with Crippen molar-refractivity contribution >= 4 is 16.6 Å². The van der Waals surface area contributed by atoms with Gasteiger partial charge in [0, 0.05) is 16.7 Å². The SMILES string of the molecule is Cc1ccc(C(=O)c2ccccc2C(O)O)c2ccccc12. The van der Waals surface area contributed by atoms with Crippen LogP contribution in [0.15, 0.2) is 60.7 Å². The summed E-state index contributed by atoms with van der Waals surface area (Å²) in [6.07, 6.45) is -1.67. The summed E-state index contributed by atoms with van der Waals surface area (Å²) in [4.78, 5) is 12.9. The summed E-state index contributed by atoms with van der Waals surface area (Å²) < 4.78 is 0. The van der Waals surface area contributed by atoms with E-state index in [0.717, 1.165) is 16.3 Å². The van der Waals surface area contributed by atoms with Gasteiger partial charge < -0.3 is 10.2 Å². The minimum absolute atomic E-state index is 0.208. The minimum Gasteiger partial charge on any atom is -0.364 e. The monoisotopic (exact) mass is 292 g/mol. The summed E-state index contributed by atoms with van der Waals surface area (Å²) in [5, 5.41) is 20.8. The lowest BCUT2D eigenvalue weighted by atomic mass is 9.92. The van der Waals surface area contributed by atoms with Gasteiger partial charge >= 0.3 is 0 Å². The maximum Gasteiger partial charge on any atom is 0.194 e. The van der Waals surface area contributed by atoms with E-state index in [2.05, 4.69) is 0 Å². The summed E-state index contributed by atoms with van der Waals surface area (Å²) in [5.74, 6) is -0.208. The third kappa shape index (κ3) is 2.41. The first-order valence-corrected chi connectivity index (χ1v) is 7.07. The van der Waals surface area contributed by atoms with Gasteiger partial charge in [-0.15, -0.1) is 0 Å². The third-order valence-corrected chi connectivity index (χ3v) is 3.87. The van der Waals surface area contributed by atoms with E-state index in [1.165, 1.54) is 0 Å². The van der Waals surface area contributed by atoms with Crippen molar-refractivity contribution in [2.24, 2.45) is 0 Å². The van der Waals surface area contributed by atoms with E-state index in [0.29, 0.717) is 11.1 Å². The van der Waals surface area contributed by atoms with Crippen LogP contribution in [0.3, 0.4) is 0 Å². The van der Waals surface area contributed by atoms with Gasteiger partial charge in [-0.25, -0.2) is 0 Å². The Kier molecular flexibility index (Phi) is 3.75. The van der Waals surface area contributed by atoms with Crippen molar-refractivity contribution in [1.29, 1.82) is 0 Å². The Balaban J connectivity index is 2.21. The van der Waals surface area contributed by atoms with Crippen LogP contribution in [-0.2, 0) is 0 Å². The molecule has 0 radical (unpaired) electrons. The van der Waals surface area contributed by atoms with Crippen molar-refractivity contribution < 1.29 is 15.0 Å². The Morgan fingerprint density at radius 2 is 1.45 bits per heavy atom. The van der Waals surface area contributed by atoms with Crippen molar-refractivity contribution in [3.8, 4) is 0 Å². The molecule has 0 fully saturated rings. The Hall–Kier alpha value is -2.49. The fourth-order valence-corrected chi connectivity index (χ4v) is 2.72. The second kappa shape index (κ2) is 5.72. The number of fused-ring (bicyclic) bond motifs is 1. The Morgan fingerprint density at radius 1 is 0.818 bits per heavy atom. The van der Waals surface area contributed by atoms with E-state index in [1.54, 1.807) is 30.3 Å². The molecule has 3 rings (SSSR count). The fourth-order valence-electron chi connectivity index (χ4n) is 2.72. The standard InChI is InChI=1S/C19H16O3/c1-12-10-11-16(14-7-3-2-6-13(12)14)18(20)15-8-4-5-9-17(15)19(21)22/h2-11,19,21-22H,1H3. The normalized spacial score (nSPS) is 11.1. The molecule has 0 atom stereocenters. The highest BCUT2D eigenvalue weighted by Gasteiger charge is 2.18. The largest absolute Gasteiger partial charge is 0.364 e.